The van der Waals surface area contributed by atoms with Crippen LogP contribution in [0, 0.1) is 17.8 Å². The molecule has 1 heteroatoms. The van der Waals surface area contributed by atoms with Crippen LogP contribution < -0.4 is 0 Å². The minimum absolute atomic E-state index is 1.05. The van der Waals surface area contributed by atoms with Gasteiger partial charge in [0.15, 0.2) is 0 Å². The van der Waals surface area contributed by atoms with Gasteiger partial charge in [-0.05, 0) is 0 Å². The molecule has 3 aliphatic rings. The molecule has 0 nitrogen and oxygen atoms in total. The van der Waals surface area contributed by atoms with Gasteiger partial charge in [-0.3, -0.25) is 0 Å². The molecule has 0 aromatic rings. The second-order valence-electron chi connectivity index (χ2n) is 5.85. The molecule has 0 aliphatic heterocycles. The van der Waals surface area contributed by atoms with Crippen molar-refractivity contribution in [3.05, 3.63) is 0 Å². The van der Waals surface area contributed by atoms with Crippen LogP contribution in [-0.4, -0.2) is 13.3 Å². The van der Waals surface area contributed by atoms with Crippen molar-refractivity contribution in [3.8, 4) is 0 Å². The Hall–Kier alpha value is 0.543. The van der Waals surface area contributed by atoms with Gasteiger partial charge in [0.2, 0.25) is 0 Å². The Balaban J connectivity index is 1.91. The second kappa shape index (κ2) is 1.59. The first-order chi connectivity index (χ1) is 5.10. The molecule has 0 N–H and O–H groups in total. The van der Waals surface area contributed by atoms with Gasteiger partial charge in [0.05, 0.1) is 0 Å². The van der Waals surface area contributed by atoms with Crippen LogP contribution in [0.15, 0.2) is 0 Å². The predicted molar refractivity (Wildman–Crippen MR) is 50.4 cm³/mol. The number of hydrogen-bond acceptors (Lipinski definition) is 0. The second-order valence-corrected chi connectivity index (χ2v) is 17.1. The third-order valence-corrected chi connectivity index (χ3v) is 12.5. The van der Waals surface area contributed by atoms with Crippen LogP contribution in [0.1, 0.15) is 19.3 Å². The Bertz CT molecular complexity index is 192. The van der Waals surface area contributed by atoms with Crippen LogP contribution in [0.4, 0.5) is 0 Å². The molecule has 0 saturated heterocycles. The quantitative estimate of drug-likeness (QED) is 0.584. The normalized spacial score (nSPS) is 58.6. The summed E-state index contributed by atoms with van der Waals surface area (Å²) in [6, 6.07) is 0. The molecule has 2 unspecified atom stereocenters. The van der Waals surface area contributed by atoms with Crippen molar-refractivity contribution in [2.24, 2.45) is 17.8 Å². The molecule has 3 aliphatic carbocycles. The standard InChI is InChI=1S/C10H18Ge/c1-11(2,3)10-7-5-4-6-8(10)9(7)10/h7-9H,4-6H2,1-3H3. The molecule has 3 rings (SSSR count). The summed E-state index contributed by atoms with van der Waals surface area (Å²) < 4.78 is 1.05. The Morgan fingerprint density at radius 3 is 1.91 bits per heavy atom. The first-order valence-corrected chi connectivity index (χ1v) is 12.4. The van der Waals surface area contributed by atoms with Crippen molar-refractivity contribution in [2.45, 2.75) is 40.8 Å². The molecule has 11 heavy (non-hydrogen) atoms. The Morgan fingerprint density at radius 2 is 1.64 bits per heavy atom. The Kier molecular flexibility index (Phi) is 1.01. The van der Waals surface area contributed by atoms with E-state index >= 15 is 0 Å². The summed E-state index contributed by atoms with van der Waals surface area (Å²) in [5.41, 5.74) is 0. The summed E-state index contributed by atoms with van der Waals surface area (Å²) in [7, 11) is 0. The molecule has 0 spiro atoms. The van der Waals surface area contributed by atoms with E-state index in [1.165, 1.54) is 17.8 Å². The molecular formula is C10H18Ge. The van der Waals surface area contributed by atoms with Crippen LogP contribution in [0.5, 0.6) is 0 Å². The number of fused-ring (bicyclic) bond motifs is 2. The SMILES string of the molecule is [CH3][Ge]([CH3])([CH3])[C]12C3CCCC1C32. The monoisotopic (exact) mass is 212 g/mol. The zero-order valence-electron chi connectivity index (χ0n) is 7.85. The van der Waals surface area contributed by atoms with Gasteiger partial charge in [-0.15, -0.1) is 0 Å². The summed E-state index contributed by atoms with van der Waals surface area (Å²) in [6.07, 6.45) is 4.76. The fourth-order valence-electron chi connectivity index (χ4n) is 4.47. The van der Waals surface area contributed by atoms with Crippen molar-refractivity contribution in [2.75, 3.05) is 0 Å². The Morgan fingerprint density at radius 1 is 1.09 bits per heavy atom. The minimum atomic E-state index is -1.26. The van der Waals surface area contributed by atoms with Gasteiger partial charge in [0.1, 0.15) is 0 Å². The molecule has 62 valence electrons. The van der Waals surface area contributed by atoms with E-state index < -0.39 is 13.3 Å². The summed E-state index contributed by atoms with van der Waals surface area (Å²) in [5, 5.41) is 0. The fraction of sp³-hybridized carbons (Fsp3) is 1.00. The third kappa shape index (κ3) is 0.546. The maximum atomic E-state index is 2.64. The molecule has 0 aromatic heterocycles. The molecule has 2 atom stereocenters. The molecule has 0 radical (unpaired) electrons. The third-order valence-electron chi connectivity index (χ3n) is 4.76. The van der Waals surface area contributed by atoms with Crippen LogP contribution >= 0.6 is 0 Å². The van der Waals surface area contributed by atoms with Crippen LogP contribution in [-0.2, 0) is 0 Å². The number of hydrogen-bond donors (Lipinski definition) is 0. The van der Waals surface area contributed by atoms with Gasteiger partial charge in [0, 0.05) is 0 Å². The zero-order valence-corrected chi connectivity index (χ0v) is 9.95. The van der Waals surface area contributed by atoms with Crippen LogP contribution in [0.2, 0.25) is 21.5 Å². The van der Waals surface area contributed by atoms with E-state index in [0.29, 0.717) is 0 Å². The zero-order chi connectivity index (χ0) is 7.85. The van der Waals surface area contributed by atoms with Crippen LogP contribution in [0.25, 0.3) is 0 Å². The molecule has 0 bridgehead atoms. The summed E-state index contributed by atoms with van der Waals surface area (Å²) >= 11 is -1.26. The topological polar surface area (TPSA) is 0 Å². The van der Waals surface area contributed by atoms with Gasteiger partial charge in [-0.25, -0.2) is 0 Å². The molecule has 3 fully saturated rings. The van der Waals surface area contributed by atoms with Gasteiger partial charge in [0.25, 0.3) is 0 Å². The molecule has 0 aromatic carbocycles. The van der Waals surface area contributed by atoms with Crippen molar-refractivity contribution in [1.82, 2.24) is 0 Å². The molecule has 0 heterocycles. The van der Waals surface area contributed by atoms with Gasteiger partial charge >= 0.3 is 71.8 Å². The van der Waals surface area contributed by atoms with E-state index in [1.807, 2.05) is 0 Å². The van der Waals surface area contributed by atoms with Crippen LogP contribution in [0.3, 0.4) is 0 Å². The van der Waals surface area contributed by atoms with E-state index in [-0.39, 0.29) is 0 Å². The average Bonchev–Trinajstić information content (AvgIpc) is 2.72. The predicted octanol–water partition coefficient (Wildman–Crippen LogP) is 3.12. The summed E-state index contributed by atoms with van der Waals surface area (Å²) in [6.45, 7) is 0. The van der Waals surface area contributed by atoms with Crippen molar-refractivity contribution in [3.63, 3.8) is 0 Å². The summed E-state index contributed by atoms with van der Waals surface area (Å²) in [5.74, 6) is 11.7. The van der Waals surface area contributed by atoms with Gasteiger partial charge in [-0.2, -0.15) is 0 Å². The van der Waals surface area contributed by atoms with Crippen molar-refractivity contribution >= 4 is 13.3 Å². The van der Waals surface area contributed by atoms with E-state index in [0.717, 1.165) is 4.25 Å². The van der Waals surface area contributed by atoms with E-state index in [4.69, 9.17) is 0 Å². The van der Waals surface area contributed by atoms with E-state index in [2.05, 4.69) is 17.3 Å². The van der Waals surface area contributed by atoms with Gasteiger partial charge in [-0.1, -0.05) is 0 Å². The fourth-order valence-corrected chi connectivity index (χ4v) is 13.1. The first-order valence-electron chi connectivity index (χ1n) is 5.10. The molecular weight excluding hydrogens is 193 g/mol. The Labute approximate surface area is 72.1 Å². The van der Waals surface area contributed by atoms with E-state index in [1.54, 1.807) is 19.3 Å². The summed E-state index contributed by atoms with van der Waals surface area (Å²) in [4.78, 5) is 0. The van der Waals surface area contributed by atoms with Crippen molar-refractivity contribution in [1.29, 1.82) is 0 Å². The van der Waals surface area contributed by atoms with Crippen molar-refractivity contribution < 1.29 is 0 Å². The first kappa shape index (κ1) is 7.00. The number of rotatable bonds is 1. The van der Waals surface area contributed by atoms with Gasteiger partial charge < -0.3 is 0 Å². The molecule has 3 saturated carbocycles. The van der Waals surface area contributed by atoms with E-state index in [9.17, 15) is 0 Å². The molecule has 0 amide bonds. The maximum absolute atomic E-state index is 2.64. The average molecular weight is 211 g/mol.